The molecule has 2 nitrogen and oxygen atoms in total. The van der Waals surface area contributed by atoms with E-state index in [-0.39, 0.29) is 11.0 Å². The largest absolute Gasteiger partial charge is 0.334 e. The number of fused-ring (bicyclic) bond motifs is 3. The first-order chi connectivity index (χ1) is 23.3. The fourth-order valence-corrected chi connectivity index (χ4v) is 8.57. The van der Waals surface area contributed by atoms with Gasteiger partial charge in [-0.25, -0.2) is 0 Å². The molecule has 0 aromatic heterocycles. The lowest BCUT2D eigenvalue weighted by atomic mass is 9.61. The van der Waals surface area contributed by atoms with Gasteiger partial charge in [-0.2, -0.15) is 0 Å². The highest BCUT2D eigenvalue weighted by atomic mass is 15.3. The van der Waals surface area contributed by atoms with E-state index in [4.69, 9.17) is 0 Å². The molecular formula is C46H44N2. The first kappa shape index (κ1) is 30.3. The molecule has 0 radical (unpaired) electrons. The predicted octanol–water partition coefficient (Wildman–Crippen LogP) is 12.8. The number of anilines is 5. The van der Waals surface area contributed by atoms with Crippen molar-refractivity contribution < 1.29 is 0 Å². The molecule has 0 bridgehead atoms. The zero-order valence-electron chi connectivity index (χ0n) is 28.6. The third-order valence-electron chi connectivity index (χ3n) is 11.3. The average Bonchev–Trinajstić information content (AvgIpc) is 3.32. The molecule has 1 heterocycles. The van der Waals surface area contributed by atoms with Gasteiger partial charge in [-0.3, -0.25) is 0 Å². The van der Waals surface area contributed by atoms with E-state index in [0.717, 1.165) is 11.4 Å². The van der Waals surface area contributed by atoms with Crippen LogP contribution in [-0.4, -0.2) is 5.54 Å². The first-order valence-corrected chi connectivity index (χ1v) is 17.5. The molecule has 2 aliphatic rings. The van der Waals surface area contributed by atoms with E-state index in [1.54, 1.807) is 0 Å². The summed E-state index contributed by atoms with van der Waals surface area (Å²) in [6, 6.07) is 53.6. The highest BCUT2D eigenvalue weighted by molar-refractivity contribution is 5.84. The van der Waals surface area contributed by atoms with E-state index < -0.39 is 0 Å². The van der Waals surface area contributed by atoms with Gasteiger partial charge in [0, 0.05) is 33.9 Å². The molecule has 1 fully saturated rings. The molecule has 8 rings (SSSR count). The van der Waals surface area contributed by atoms with Crippen molar-refractivity contribution >= 4 is 28.4 Å². The highest BCUT2D eigenvalue weighted by Crippen LogP contribution is 2.61. The van der Waals surface area contributed by atoms with Gasteiger partial charge < -0.3 is 9.80 Å². The average molecular weight is 625 g/mol. The van der Waals surface area contributed by atoms with Gasteiger partial charge in [0.15, 0.2) is 0 Å². The SMILES string of the molecule is Cc1cc(N(c2ccc(-c3ccccc3)cc2)c2ccc(-c3ccccc3)cc2)cc(N2c3ccc(C)cc3C3(C)CCCCC23C)c1. The van der Waals surface area contributed by atoms with Gasteiger partial charge in [0.05, 0.1) is 5.54 Å². The second kappa shape index (κ2) is 11.9. The fourth-order valence-electron chi connectivity index (χ4n) is 8.57. The van der Waals surface area contributed by atoms with Crippen LogP contribution in [0.4, 0.5) is 28.4 Å². The van der Waals surface area contributed by atoms with Gasteiger partial charge in [-0.05, 0) is 116 Å². The number of hydrogen-bond donors (Lipinski definition) is 0. The Hall–Kier alpha value is -5.08. The molecule has 0 N–H and O–H groups in total. The maximum atomic E-state index is 2.70. The van der Waals surface area contributed by atoms with Crippen LogP contribution in [0.5, 0.6) is 0 Å². The van der Waals surface area contributed by atoms with E-state index in [9.17, 15) is 0 Å². The van der Waals surface area contributed by atoms with Crippen molar-refractivity contribution in [1.29, 1.82) is 0 Å². The predicted molar refractivity (Wildman–Crippen MR) is 204 cm³/mol. The molecule has 0 saturated heterocycles. The summed E-state index contributed by atoms with van der Waals surface area (Å²) in [5, 5.41) is 0. The van der Waals surface area contributed by atoms with Crippen LogP contribution >= 0.6 is 0 Å². The Balaban J connectivity index is 1.27. The lowest BCUT2D eigenvalue weighted by Gasteiger charge is -2.50. The number of benzene rings is 6. The molecule has 2 atom stereocenters. The Labute approximate surface area is 286 Å². The summed E-state index contributed by atoms with van der Waals surface area (Å²) in [6.45, 7) is 9.53. The second-order valence-corrected chi connectivity index (χ2v) is 14.4. The van der Waals surface area contributed by atoms with Crippen molar-refractivity contribution in [3.05, 3.63) is 162 Å². The summed E-state index contributed by atoms with van der Waals surface area (Å²) in [6.07, 6.45) is 4.97. The monoisotopic (exact) mass is 624 g/mol. The Morgan fingerprint density at radius 1 is 0.500 bits per heavy atom. The lowest BCUT2D eigenvalue weighted by molar-refractivity contribution is 0.195. The molecular weight excluding hydrogens is 581 g/mol. The van der Waals surface area contributed by atoms with E-state index in [2.05, 4.69) is 183 Å². The molecule has 2 unspecified atom stereocenters. The Morgan fingerprint density at radius 3 is 1.62 bits per heavy atom. The quantitative estimate of drug-likeness (QED) is 0.182. The zero-order valence-corrected chi connectivity index (χ0v) is 28.6. The maximum absolute atomic E-state index is 2.70. The normalized spacial score (nSPS) is 19.9. The summed E-state index contributed by atoms with van der Waals surface area (Å²) in [5.74, 6) is 0. The van der Waals surface area contributed by atoms with Gasteiger partial charge >= 0.3 is 0 Å². The standard InChI is InChI=1S/C46H44N2/c1-33-17-26-44-43(31-33)45(3)27-11-12-28-46(45,4)48(44)42-30-34(2)29-41(32-42)47(39-22-18-37(19-23-39)35-13-7-5-8-14-35)40-24-20-38(21-25-40)36-15-9-6-10-16-36/h5-10,13-26,29-32H,11-12,27-28H2,1-4H3. The van der Waals surface area contributed by atoms with Gasteiger partial charge in [0.25, 0.3) is 0 Å². The smallest absolute Gasteiger partial charge is 0.0517 e. The third kappa shape index (κ3) is 5.02. The Morgan fingerprint density at radius 2 is 1.04 bits per heavy atom. The Bertz CT molecular complexity index is 1980. The summed E-state index contributed by atoms with van der Waals surface area (Å²) in [7, 11) is 0. The maximum Gasteiger partial charge on any atom is 0.0517 e. The summed E-state index contributed by atoms with van der Waals surface area (Å²) >= 11 is 0. The number of hydrogen-bond acceptors (Lipinski definition) is 2. The molecule has 238 valence electrons. The summed E-state index contributed by atoms with van der Waals surface area (Å²) in [4.78, 5) is 5.13. The number of aryl methyl sites for hydroxylation is 2. The van der Waals surface area contributed by atoms with Gasteiger partial charge in [0.2, 0.25) is 0 Å². The van der Waals surface area contributed by atoms with Crippen LogP contribution < -0.4 is 9.80 Å². The molecule has 1 aliphatic heterocycles. The third-order valence-corrected chi connectivity index (χ3v) is 11.3. The van der Waals surface area contributed by atoms with Crippen LogP contribution in [0.1, 0.15) is 56.2 Å². The minimum Gasteiger partial charge on any atom is -0.334 e. The number of rotatable bonds is 6. The second-order valence-electron chi connectivity index (χ2n) is 14.4. The molecule has 6 aromatic carbocycles. The van der Waals surface area contributed by atoms with Crippen molar-refractivity contribution in [3.63, 3.8) is 0 Å². The van der Waals surface area contributed by atoms with Crippen LogP contribution in [0.25, 0.3) is 22.3 Å². The van der Waals surface area contributed by atoms with Crippen LogP contribution in [-0.2, 0) is 5.41 Å². The van der Waals surface area contributed by atoms with E-state index in [1.807, 2.05) is 0 Å². The molecule has 48 heavy (non-hydrogen) atoms. The highest BCUT2D eigenvalue weighted by Gasteiger charge is 2.57. The molecule has 0 spiro atoms. The van der Waals surface area contributed by atoms with Crippen molar-refractivity contribution in [2.24, 2.45) is 0 Å². The van der Waals surface area contributed by atoms with E-state index >= 15 is 0 Å². The van der Waals surface area contributed by atoms with Crippen molar-refractivity contribution in [2.75, 3.05) is 9.80 Å². The fraction of sp³-hybridized carbons (Fsp3) is 0.217. The van der Waals surface area contributed by atoms with E-state index in [1.165, 1.54) is 81.7 Å². The number of nitrogens with zero attached hydrogens (tertiary/aromatic N) is 2. The van der Waals surface area contributed by atoms with Crippen molar-refractivity contribution in [1.82, 2.24) is 0 Å². The minimum absolute atomic E-state index is 0.00589. The zero-order chi connectivity index (χ0) is 32.9. The van der Waals surface area contributed by atoms with Crippen LogP contribution in [0.2, 0.25) is 0 Å². The molecule has 6 aromatic rings. The first-order valence-electron chi connectivity index (χ1n) is 17.5. The van der Waals surface area contributed by atoms with Crippen LogP contribution in [0, 0.1) is 13.8 Å². The minimum atomic E-state index is 0.00589. The van der Waals surface area contributed by atoms with Crippen molar-refractivity contribution in [3.8, 4) is 22.3 Å². The summed E-state index contributed by atoms with van der Waals surface area (Å²) < 4.78 is 0. The molecule has 2 heteroatoms. The topological polar surface area (TPSA) is 6.48 Å². The molecule has 1 aliphatic carbocycles. The lowest BCUT2D eigenvalue weighted by Crippen LogP contribution is -2.54. The van der Waals surface area contributed by atoms with Crippen LogP contribution in [0.15, 0.2) is 146 Å². The van der Waals surface area contributed by atoms with Crippen LogP contribution in [0.3, 0.4) is 0 Å². The van der Waals surface area contributed by atoms with E-state index in [0.29, 0.717) is 0 Å². The van der Waals surface area contributed by atoms with Crippen molar-refractivity contribution in [2.45, 2.75) is 64.3 Å². The van der Waals surface area contributed by atoms with Gasteiger partial charge in [-0.15, -0.1) is 0 Å². The molecule has 1 saturated carbocycles. The summed E-state index contributed by atoms with van der Waals surface area (Å²) in [5.41, 5.74) is 15.2. The molecule has 0 amide bonds. The Kier molecular flexibility index (Phi) is 7.48. The van der Waals surface area contributed by atoms with Gasteiger partial charge in [0.1, 0.15) is 0 Å². The van der Waals surface area contributed by atoms with Gasteiger partial charge in [-0.1, -0.05) is 122 Å².